The molecule has 0 aliphatic heterocycles. The van der Waals surface area contributed by atoms with Crippen molar-refractivity contribution < 1.29 is 28.6 Å². The second-order valence-corrected chi connectivity index (χ2v) is 22.0. The average molecular weight is 1100 g/mol. The molecule has 0 amide bonds. The lowest BCUT2D eigenvalue weighted by atomic mass is 10.1. The van der Waals surface area contributed by atoms with Gasteiger partial charge >= 0.3 is 17.9 Å². The Kier molecular flexibility index (Phi) is 63.3. The Hall–Kier alpha value is -3.93. The van der Waals surface area contributed by atoms with E-state index in [1.54, 1.807) is 0 Å². The summed E-state index contributed by atoms with van der Waals surface area (Å²) in [6, 6.07) is 0. The van der Waals surface area contributed by atoms with Crippen LogP contribution in [-0.2, 0) is 28.6 Å². The zero-order valence-corrected chi connectivity index (χ0v) is 51.9. The summed E-state index contributed by atoms with van der Waals surface area (Å²) in [6.07, 6.45) is 90.9. The van der Waals surface area contributed by atoms with E-state index in [-0.39, 0.29) is 31.1 Å². The Labute approximate surface area is 489 Å². The highest BCUT2D eigenvalue weighted by atomic mass is 16.6. The zero-order valence-electron chi connectivity index (χ0n) is 51.9. The van der Waals surface area contributed by atoms with Crippen LogP contribution in [0, 0.1) is 0 Å². The Morgan fingerprint density at radius 2 is 0.494 bits per heavy atom. The molecule has 0 rings (SSSR count). The number of hydrogen-bond donors (Lipinski definition) is 0. The highest BCUT2D eigenvalue weighted by Crippen LogP contribution is 2.16. The molecule has 452 valence electrons. The molecular formula is C73H124O6. The van der Waals surface area contributed by atoms with Gasteiger partial charge in [0.15, 0.2) is 6.10 Å². The normalized spacial score (nSPS) is 12.8. The summed E-state index contributed by atoms with van der Waals surface area (Å²) in [6.45, 7) is 6.51. The first-order chi connectivity index (χ1) is 39.0. The standard InChI is InChI=1S/C73H124O6/c1-4-7-10-13-16-19-22-25-28-31-34-35-36-37-38-39-40-43-45-48-51-54-57-60-63-66-72(75)78-69-70(79-73(76)67-64-61-58-55-52-49-46-42-33-30-27-24-21-18-15-12-9-6-3)68-77-71(74)65-62-59-56-53-50-47-44-41-32-29-26-23-20-17-14-11-8-5-2/h7,10,16,19,21,24-25,28-30,32-35,37-38,40,43,70H,4-6,8-9,11-15,17-18,20,22-23,26-27,31,36,39,41-42,44-69H2,1-3H3/b10-7-,19-16-,24-21-,28-25-,32-29-,33-30-,35-34-,38-37-,43-40-. The van der Waals surface area contributed by atoms with Gasteiger partial charge in [-0.2, -0.15) is 0 Å². The van der Waals surface area contributed by atoms with E-state index in [9.17, 15) is 14.4 Å². The van der Waals surface area contributed by atoms with Gasteiger partial charge < -0.3 is 14.2 Å². The third kappa shape index (κ3) is 64.8. The van der Waals surface area contributed by atoms with E-state index in [2.05, 4.69) is 130 Å². The van der Waals surface area contributed by atoms with Gasteiger partial charge in [0.2, 0.25) is 0 Å². The maximum absolute atomic E-state index is 12.9. The monoisotopic (exact) mass is 1100 g/mol. The van der Waals surface area contributed by atoms with Crippen LogP contribution < -0.4 is 0 Å². The molecule has 0 saturated carbocycles. The van der Waals surface area contributed by atoms with Gasteiger partial charge in [-0.25, -0.2) is 0 Å². The number of carbonyl (C=O) groups is 3. The Balaban J connectivity index is 4.42. The first kappa shape index (κ1) is 75.1. The van der Waals surface area contributed by atoms with E-state index < -0.39 is 6.10 Å². The fourth-order valence-electron chi connectivity index (χ4n) is 9.24. The average Bonchev–Trinajstić information content (AvgIpc) is 3.45. The predicted molar refractivity (Wildman–Crippen MR) is 343 cm³/mol. The Bertz CT molecular complexity index is 1590. The minimum atomic E-state index is -0.794. The Morgan fingerprint density at radius 3 is 0.797 bits per heavy atom. The predicted octanol–water partition coefficient (Wildman–Crippen LogP) is 23.0. The highest BCUT2D eigenvalue weighted by molar-refractivity contribution is 5.71. The van der Waals surface area contributed by atoms with Crippen molar-refractivity contribution >= 4 is 17.9 Å². The molecular weight excluding hydrogens is 973 g/mol. The third-order valence-electron chi connectivity index (χ3n) is 14.2. The van der Waals surface area contributed by atoms with Crippen LogP contribution in [-0.4, -0.2) is 37.2 Å². The number of allylic oxidation sites excluding steroid dienone is 18. The van der Waals surface area contributed by atoms with E-state index in [4.69, 9.17) is 14.2 Å². The van der Waals surface area contributed by atoms with Crippen LogP contribution in [0.1, 0.15) is 316 Å². The van der Waals surface area contributed by atoms with Gasteiger partial charge in [-0.3, -0.25) is 14.4 Å². The van der Waals surface area contributed by atoms with E-state index in [0.717, 1.165) is 122 Å². The van der Waals surface area contributed by atoms with Gasteiger partial charge in [0, 0.05) is 19.3 Å². The van der Waals surface area contributed by atoms with Crippen molar-refractivity contribution in [2.24, 2.45) is 0 Å². The number of unbranched alkanes of at least 4 members (excludes halogenated alkanes) is 31. The first-order valence-corrected chi connectivity index (χ1v) is 33.4. The molecule has 0 spiro atoms. The minimum Gasteiger partial charge on any atom is -0.462 e. The summed E-state index contributed by atoms with van der Waals surface area (Å²) >= 11 is 0. The van der Waals surface area contributed by atoms with Crippen LogP contribution >= 0.6 is 0 Å². The lowest BCUT2D eigenvalue weighted by Crippen LogP contribution is -2.30. The number of ether oxygens (including phenoxy) is 3. The summed E-state index contributed by atoms with van der Waals surface area (Å²) in [5, 5.41) is 0. The van der Waals surface area contributed by atoms with E-state index in [1.165, 1.54) is 154 Å². The third-order valence-corrected chi connectivity index (χ3v) is 14.2. The van der Waals surface area contributed by atoms with Crippen LogP contribution in [0.25, 0.3) is 0 Å². The van der Waals surface area contributed by atoms with Gasteiger partial charge in [-0.1, -0.05) is 278 Å². The van der Waals surface area contributed by atoms with Crippen molar-refractivity contribution in [2.75, 3.05) is 13.2 Å². The lowest BCUT2D eigenvalue weighted by Gasteiger charge is -2.18. The molecule has 0 aliphatic carbocycles. The number of esters is 3. The quantitative estimate of drug-likeness (QED) is 0.0261. The fourth-order valence-corrected chi connectivity index (χ4v) is 9.24. The van der Waals surface area contributed by atoms with Gasteiger partial charge in [-0.15, -0.1) is 0 Å². The van der Waals surface area contributed by atoms with Crippen LogP contribution in [0.15, 0.2) is 109 Å². The molecule has 79 heavy (non-hydrogen) atoms. The molecule has 0 aromatic heterocycles. The lowest BCUT2D eigenvalue weighted by molar-refractivity contribution is -0.167. The number of hydrogen-bond acceptors (Lipinski definition) is 6. The van der Waals surface area contributed by atoms with Crippen molar-refractivity contribution in [3.8, 4) is 0 Å². The van der Waals surface area contributed by atoms with E-state index >= 15 is 0 Å². The highest BCUT2D eigenvalue weighted by Gasteiger charge is 2.19. The van der Waals surface area contributed by atoms with Gasteiger partial charge in [0.1, 0.15) is 13.2 Å². The number of rotatable bonds is 60. The first-order valence-electron chi connectivity index (χ1n) is 33.4. The fraction of sp³-hybridized carbons (Fsp3) is 0.712. The van der Waals surface area contributed by atoms with Gasteiger partial charge in [0.25, 0.3) is 0 Å². The molecule has 1 unspecified atom stereocenters. The smallest absolute Gasteiger partial charge is 0.306 e. The SMILES string of the molecule is CC/C=C\C/C=C\C/C=C\C/C=C\C/C=C\C/C=C\CCCCCCCCC(=O)OCC(COC(=O)CCCCCCCCC/C=C\CCCCCCCCC)OC(=O)CCCCCCCCC/C=C\C/C=C\CCCCCC. The van der Waals surface area contributed by atoms with E-state index in [1.807, 2.05) is 0 Å². The van der Waals surface area contributed by atoms with E-state index in [0.29, 0.717) is 19.3 Å². The second kappa shape index (κ2) is 66.6. The van der Waals surface area contributed by atoms with Crippen molar-refractivity contribution in [3.05, 3.63) is 109 Å². The summed E-state index contributed by atoms with van der Waals surface area (Å²) in [5.41, 5.74) is 0. The summed E-state index contributed by atoms with van der Waals surface area (Å²) in [4.78, 5) is 38.4. The molecule has 0 aromatic carbocycles. The molecule has 0 radical (unpaired) electrons. The summed E-state index contributed by atoms with van der Waals surface area (Å²) in [7, 11) is 0. The zero-order chi connectivity index (χ0) is 57.1. The molecule has 0 bridgehead atoms. The maximum atomic E-state index is 12.9. The minimum absolute atomic E-state index is 0.0884. The van der Waals surface area contributed by atoms with Crippen LogP contribution in [0.3, 0.4) is 0 Å². The molecule has 0 heterocycles. The van der Waals surface area contributed by atoms with Crippen molar-refractivity contribution in [1.29, 1.82) is 0 Å². The molecule has 1 atom stereocenters. The number of carbonyl (C=O) groups excluding carboxylic acids is 3. The molecule has 0 aliphatic rings. The molecule has 6 heteroatoms. The van der Waals surface area contributed by atoms with Crippen LogP contribution in [0.4, 0.5) is 0 Å². The largest absolute Gasteiger partial charge is 0.462 e. The molecule has 0 aromatic rings. The second-order valence-electron chi connectivity index (χ2n) is 22.0. The van der Waals surface area contributed by atoms with Crippen molar-refractivity contribution in [2.45, 2.75) is 322 Å². The van der Waals surface area contributed by atoms with Crippen molar-refractivity contribution in [1.82, 2.24) is 0 Å². The van der Waals surface area contributed by atoms with Crippen molar-refractivity contribution in [3.63, 3.8) is 0 Å². The van der Waals surface area contributed by atoms with Gasteiger partial charge in [-0.05, 0) is 128 Å². The molecule has 0 saturated heterocycles. The van der Waals surface area contributed by atoms with Crippen LogP contribution in [0.5, 0.6) is 0 Å². The van der Waals surface area contributed by atoms with Crippen LogP contribution in [0.2, 0.25) is 0 Å². The Morgan fingerprint density at radius 1 is 0.266 bits per heavy atom. The topological polar surface area (TPSA) is 78.9 Å². The summed E-state index contributed by atoms with van der Waals surface area (Å²) < 4.78 is 17.0. The summed E-state index contributed by atoms with van der Waals surface area (Å²) in [5.74, 6) is -0.905. The molecule has 0 N–H and O–H groups in total. The maximum Gasteiger partial charge on any atom is 0.306 e. The molecule has 0 fully saturated rings. The van der Waals surface area contributed by atoms with Gasteiger partial charge in [0.05, 0.1) is 0 Å². The molecule has 6 nitrogen and oxygen atoms in total.